The van der Waals surface area contributed by atoms with Crippen molar-refractivity contribution in [3.63, 3.8) is 0 Å². The number of amides is 1. The Balaban J connectivity index is 1.80. The highest BCUT2D eigenvalue weighted by molar-refractivity contribution is 5.97. The zero-order valence-electron chi connectivity index (χ0n) is 11.9. The SMILES string of the molecule is CCCn1ccc2ccc(NC(=O)[C@@H]3CCCN3)cc21. The summed E-state index contributed by atoms with van der Waals surface area (Å²) in [5.74, 6) is 0.0791. The van der Waals surface area contributed by atoms with Crippen LogP contribution in [0.1, 0.15) is 26.2 Å². The topological polar surface area (TPSA) is 46.1 Å². The number of benzene rings is 1. The smallest absolute Gasteiger partial charge is 0.241 e. The van der Waals surface area contributed by atoms with Crippen molar-refractivity contribution in [3.8, 4) is 0 Å². The summed E-state index contributed by atoms with van der Waals surface area (Å²) in [5, 5.41) is 7.46. The van der Waals surface area contributed by atoms with E-state index in [-0.39, 0.29) is 11.9 Å². The molecule has 3 rings (SSSR count). The first-order valence-electron chi connectivity index (χ1n) is 7.41. The third kappa shape index (κ3) is 2.56. The number of hydrogen-bond donors (Lipinski definition) is 2. The van der Waals surface area contributed by atoms with E-state index in [1.807, 2.05) is 6.07 Å². The number of nitrogens with zero attached hydrogens (tertiary/aromatic N) is 1. The number of hydrogen-bond acceptors (Lipinski definition) is 2. The number of aryl methyl sites for hydroxylation is 1. The normalized spacial score (nSPS) is 18.6. The second kappa shape index (κ2) is 5.67. The molecule has 1 amide bonds. The highest BCUT2D eigenvalue weighted by Gasteiger charge is 2.21. The predicted octanol–water partition coefficient (Wildman–Crippen LogP) is 2.74. The van der Waals surface area contributed by atoms with Crippen molar-refractivity contribution in [2.75, 3.05) is 11.9 Å². The van der Waals surface area contributed by atoms with Gasteiger partial charge in [0.1, 0.15) is 0 Å². The van der Waals surface area contributed by atoms with Gasteiger partial charge in [0.2, 0.25) is 5.91 Å². The van der Waals surface area contributed by atoms with Crippen LogP contribution in [0.2, 0.25) is 0 Å². The quantitative estimate of drug-likeness (QED) is 0.898. The van der Waals surface area contributed by atoms with Gasteiger partial charge in [-0.2, -0.15) is 0 Å². The van der Waals surface area contributed by atoms with Crippen molar-refractivity contribution >= 4 is 22.5 Å². The molecule has 1 fully saturated rings. The number of rotatable bonds is 4. The molecule has 2 aromatic rings. The second-order valence-electron chi connectivity index (χ2n) is 5.42. The standard InChI is InChI=1S/C16H21N3O/c1-2-9-19-10-7-12-5-6-13(11-15(12)19)18-16(20)14-4-3-8-17-14/h5-7,10-11,14,17H,2-4,8-9H2,1H3,(H,18,20)/t14-/m0/s1. The maximum atomic E-state index is 12.1. The molecule has 0 unspecified atom stereocenters. The van der Waals surface area contributed by atoms with Crippen LogP contribution in [0.3, 0.4) is 0 Å². The summed E-state index contributed by atoms with van der Waals surface area (Å²) in [5.41, 5.74) is 2.07. The third-order valence-electron chi connectivity index (χ3n) is 3.88. The van der Waals surface area contributed by atoms with Crippen LogP contribution in [-0.2, 0) is 11.3 Å². The largest absolute Gasteiger partial charge is 0.347 e. The van der Waals surface area contributed by atoms with E-state index in [0.717, 1.165) is 38.0 Å². The lowest BCUT2D eigenvalue weighted by Gasteiger charge is -2.12. The van der Waals surface area contributed by atoms with Crippen molar-refractivity contribution in [1.29, 1.82) is 0 Å². The van der Waals surface area contributed by atoms with E-state index in [4.69, 9.17) is 0 Å². The summed E-state index contributed by atoms with van der Waals surface area (Å²) in [6, 6.07) is 8.20. The Bertz CT molecular complexity index is 611. The molecule has 1 aliphatic rings. The molecular weight excluding hydrogens is 250 g/mol. The Hall–Kier alpha value is -1.81. The lowest BCUT2D eigenvalue weighted by molar-refractivity contribution is -0.117. The van der Waals surface area contributed by atoms with Crippen molar-refractivity contribution < 1.29 is 4.79 Å². The van der Waals surface area contributed by atoms with Gasteiger partial charge in [0, 0.05) is 18.4 Å². The molecule has 1 aliphatic heterocycles. The second-order valence-corrected chi connectivity index (χ2v) is 5.42. The molecule has 4 nitrogen and oxygen atoms in total. The fourth-order valence-corrected chi connectivity index (χ4v) is 2.84. The lowest BCUT2D eigenvalue weighted by Crippen LogP contribution is -2.35. The minimum Gasteiger partial charge on any atom is -0.347 e. The van der Waals surface area contributed by atoms with E-state index < -0.39 is 0 Å². The van der Waals surface area contributed by atoms with Gasteiger partial charge in [-0.05, 0) is 49.4 Å². The molecule has 2 heterocycles. The number of carbonyl (C=O) groups is 1. The van der Waals surface area contributed by atoms with Gasteiger partial charge < -0.3 is 15.2 Å². The molecule has 0 saturated carbocycles. The Morgan fingerprint density at radius 3 is 3.10 bits per heavy atom. The minimum absolute atomic E-state index is 0.0341. The molecule has 0 radical (unpaired) electrons. The molecule has 1 atom stereocenters. The molecule has 4 heteroatoms. The molecule has 0 aliphatic carbocycles. The van der Waals surface area contributed by atoms with Gasteiger partial charge in [0.25, 0.3) is 0 Å². The van der Waals surface area contributed by atoms with Gasteiger partial charge in [0.05, 0.1) is 11.6 Å². The van der Waals surface area contributed by atoms with Crippen molar-refractivity contribution in [2.24, 2.45) is 0 Å². The van der Waals surface area contributed by atoms with E-state index >= 15 is 0 Å². The number of fused-ring (bicyclic) bond motifs is 1. The zero-order valence-corrected chi connectivity index (χ0v) is 11.9. The Morgan fingerprint density at radius 2 is 2.35 bits per heavy atom. The molecule has 106 valence electrons. The zero-order chi connectivity index (χ0) is 13.9. The number of nitrogens with one attached hydrogen (secondary N) is 2. The Kier molecular flexibility index (Phi) is 3.74. The van der Waals surface area contributed by atoms with Gasteiger partial charge in [-0.15, -0.1) is 0 Å². The van der Waals surface area contributed by atoms with Crippen molar-refractivity contribution in [3.05, 3.63) is 30.5 Å². The van der Waals surface area contributed by atoms with E-state index in [9.17, 15) is 4.79 Å². The maximum absolute atomic E-state index is 12.1. The molecule has 0 bridgehead atoms. The fourth-order valence-electron chi connectivity index (χ4n) is 2.84. The molecule has 20 heavy (non-hydrogen) atoms. The molecule has 0 spiro atoms. The predicted molar refractivity (Wildman–Crippen MR) is 81.9 cm³/mol. The first-order valence-corrected chi connectivity index (χ1v) is 7.41. The summed E-state index contributed by atoms with van der Waals surface area (Å²) >= 11 is 0. The number of carbonyl (C=O) groups excluding carboxylic acids is 1. The summed E-state index contributed by atoms with van der Waals surface area (Å²) < 4.78 is 2.23. The lowest BCUT2D eigenvalue weighted by atomic mass is 10.2. The van der Waals surface area contributed by atoms with Crippen molar-refractivity contribution in [1.82, 2.24) is 9.88 Å². The van der Waals surface area contributed by atoms with Crippen LogP contribution in [0.15, 0.2) is 30.5 Å². The number of anilines is 1. The monoisotopic (exact) mass is 271 g/mol. The van der Waals surface area contributed by atoms with E-state index in [0.29, 0.717) is 0 Å². The number of aromatic nitrogens is 1. The summed E-state index contributed by atoms with van der Waals surface area (Å²) in [6.07, 6.45) is 5.22. The van der Waals surface area contributed by atoms with Gasteiger partial charge in [-0.1, -0.05) is 13.0 Å². The average Bonchev–Trinajstić information content (AvgIpc) is 3.09. The van der Waals surface area contributed by atoms with E-state index in [1.165, 1.54) is 10.9 Å². The van der Waals surface area contributed by atoms with E-state index in [2.05, 4.69) is 46.5 Å². The van der Waals surface area contributed by atoms with Gasteiger partial charge in [-0.25, -0.2) is 0 Å². The highest BCUT2D eigenvalue weighted by Crippen LogP contribution is 2.21. The third-order valence-corrected chi connectivity index (χ3v) is 3.88. The average molecular weight is 271 g/mol. The molecule has 1 saturated heterocycles. The van der Waals surface area contributed by atoms with Crippen LogP contribution < -0.4 is 10.6 Å². The molecule has 2 N–H and O–H groups in total. The van der Waals surface area contributed by atoms with E-state index in [1.54, 1.807) is 0 Å². The van der Waals surface area contributed by atoms with Gasteiger partial charge in [-0.3, -0.25) is 4.79 Å². The van der Waals surface area contributed by atoms with Crippen LogP contribution in [0, 0.1) is 0 Å². The van der Waals surface area contributed by atoms with Crippen LogP contribution in [0.25, 0.3) is 10.9 Å². The Labute approximate surface area is 119 Å². The Morgan fingerprint density at radius 1 is 1.45 bits per heavy atom. The molecule has 1 aromatic carbocycles. The summed E-state index contributed by atoms with van der Waals surface area (Å²) in [4.78, 5) is 12.1. The summed E-state index contributed by atoms with van der Waals surface area (Å²) in [6.45, 7) is 4.12. The first kappa shape index (κ1) is 13.2. The van der Waals surface area contributed by atoms with Crippen LogP contribution >= 0.6 is 0 Å². The first-order chi connectivity index (χ1) is 9.78. The van der Waals surface area contributed by atoms with Gasteiger partial charge >= 0.3 is 0 Å². The maximum Gasteiger partial charge on any atom is 0.241 e. The fraction of sp³-hybridized carbons (Fsp3) is 0.438. The minimum atomic E-state index is -0.0341. The van der Waals surface area contributed by atoms with Crippen LogP contribution in [0.5, 0.6) is 0 Å². The molecule has 1 aromatic heterocycles. The highest BCUT2D eigenvalue weighted by atomic mass is 16.2. The molecular formula is C16H21N3O. The van der Waals surface area contributed by atoms with Gasteiger partial charge in [0.15, 0.2) is 0 Å². The summed E-state index contributed by atoms with van der Waals surface area (Å²) in [7, 11) is 0. The van der Waals surface area contributed by atoms with Crippen LogP contribution in [-0.4, -0.2) is 23.1 Å². The van der Waals surface area contributed by atoms with Crippen LogP contribution in [0.4, 0.5) is 5.69 Å². The van der Waals surface area contributed by atoms with Crippen molar-refractivity contribution in [2.45, 2.75) is 38.8 Å².